The van der Waals surface area contributed by atoms with E-state index >= 15 is 0 Å². The molecule has 20 heavy (non-hydrogen) atoms. The molecule has 0 aromatic heterocycles. The van der Waals surface area contributed by atoms with Crippen molar-refractivity contribution in [3.8, 4) is 5.75 Å². The lowest BCUT2D eigenvalue weighted by atomic mass is 10.0. The largest absolute Gasteiger partial charge is 0.534 e. The predicted molar refractivity (Wildman–Crippen MR) is 56.5 cm³/mol. The van der Waals surface area contributed by atoms with Crippen molar-refractivity contribution < 1.29 is 38.9 Å². The summed E-state index contributed by atoms with van der Waals surface area (Å²) in [6, 6.07) is 1.57. The van der Waals surface area contributed by atoms with Crippen LogP contribution in [0.5, 0.6) is 5.75 Å². The Bertz CT molecular complexity index is 615. The lowest BCUT2D eigenvalue weighted by molar-refractivity contribution is -0.139. The number of benzene rings is 1. The van der Waals surface area contributed by atoms with Crippen molar-refractivity contribution in [3.05, 3.63) is 28.8 Å². The highest BCUT2D eigenvalue weighted by molar-refractivity contribution is 7.88. The Morgan fingerprint density at radius 2 is 1.50 bits per heavy atom. The second-order valence-electron chi connectivity index (χ2n) is 3.86. The number of alkyl halides is 6. The van der Waals surface area contributed by atoms with Crippen LogP contribution >= 0.6 is 0 Å². The molecule has 0 saturated heterocycles. The fraction of sp³-hybridized carbons (Fsp3) is 0.400. The van der Waals surface area contributed by atoms with Gasteiger partial charge in [0.25, 0.3) is 0 Å². The van der Waals surface area contributed by atoms with Crippen molar-refractivity contribution in [2.45, 2.75) is 25.5 Å². The quantitative estimate of drug-likeness (QED) is 0.475. The molecule has 0 unspecified atom stereocenters. The first kappa shape index (κ1) is 16.6. The van der Waals surface area contributed by atoms with Gasteiger partial charge < -0.3 is 4.18 Å². The summed E-state index contributed by atoms with van der Waals surface area (Å²) in [5.74, 6) is -1.40. The van der Waals surface area contributed by atoms with E-state index in [1.165, 1.54) is 6.92 Å². The van der Waals surface area contributed by atoms with Crippen LogP contribution in [0.3, 0.4) is 0 Å². The van der Waals surface area contributed by atoms with Gasteiger partial charge in [0.05, 0.1) is 0 Å². The maximum absolute atomic E-state index is 12.8. The van der Waals surface area contributed by atoms with Gasteiger partial charge in [-0.3, -0.25) is 0 Å². The van der Waals surface area contributed by atoms with Crippen molar-refractivity contribution >= 4 is 10.1 Å². The summed E-state index contributed by atoms with van der Waals surface area (Å²) in [4.78, 5) is 0. The van der Waals surface area contributed by atoms with Crippen LogP contribution in [0.25, 0.3) is 0 Å². The molecule has 0 radical (unpaired) electrons. The van der Waals surface area contributed by atoms with Crippen LogP contribution in [0.1, 0.15) is 16.7 Å². The van der Waals surface area contributed by atoms with Gasteiger partial charge in [-0.2, -0.15) is 34.8 Å². The van der Waals surface area contributed by atoms with Gasteiger partial charge in [0, 0.05) is 0 Å². The Hall–Kier alpha value is -1.45. The van der Waals surface area contributed by atoms with Crippen LogP contribution in [-0.4, -0.2) is 13.9 Å². The van der Waals surface area contributed by atoms with E-state index in [0.29, 0.717) is 6.07 Å². The van der Waals surface area contributed by atoms with E-state index in [1.807, 2.05) is 0 Å². The topological polar surface area (TPSA) is 43.4 Å². The molecular weight excluding hydrogens is 314 g/mol. The molecule has 0 spiro atoms. The zero-order chi connectivity index (χ0) is 15.9. The monoisotopic (exact) mass is 322 g/mol. The molecule has 0 atom stereocenters. The number of hydrogen-bond acceptors (Lipinski definition) is 3. The highest BCUT2D eigenvalue weighted by atomic mass is 32.2. The van der Waals surface area contributed by atoms with Gasteiger partial charge >= 0.3 is 21.8 Å². The minimum absolute atomic E-state index is 0.133. The second kappa shape index (κ2) is 4.83. The summed E-state index contributed by atoms with van der Waals surface area (Å²) in [5.41, 5.74) is -7.64. The van der Waals surface area contributed by atoms with Gasteiger partial charge in [0.1, 0.15) is 5.56 Å². The Kier molecular flexibility index (Phi) is 4.01. The molecule has 0 aliphatic carbocycles. The predicted octanol–water partition coefficient (Wildman–Crippen LogP) is 3.55. The summed E-state index contributed by atoms with van der Waals surface area (Å²) in [6.07, 6.45) is -5.05. The zero-order valence-corrected chi connectivity index (χ0v) is 10.9. The van der Waals surface area contributed by atoms with E-state index < -0.39 is 38.7 Å². The number of aryl methyl sites for hydroxylation is 1. The standard InChI is InChI=1S/C10H8F6O3S/c1-5-3-4-7(8(6(5)2)9(11,12)13)19-20(17,18)10(14,15)16/h3-4H,1-2H3. The highest BCUT2D eigenvalue weighted by Gasteiger charge is 2.50. The molecule has 0 aliphatic rings. The smallest absolute Gasteiger partial charge is 0.375 e. The molecule has 1 aromatic rings. The van der Waals surface area contributed by atoms with Crippen LogP contribution < -0.4 is 4.18 Å². The van der Waals surface area contributed by atoms with E-state index in [4.69, 9.17) is 0 Å². The maximum atomic E-state index is 12.8. The number of halogens is 6. The zero-order valence-electron chi connectivity index (χ0n) is 10.1. The first-order valence-electron chi connectivity index (χ1n) is 4.95. The van der Waals surface area contributed by atoms with Crippen molar-refractivity contribution in [2.75, 3.05) is 0 Å². The van der Waals surface area contributed by atoms with Crippen molar-refractivity contribution in [1.82, 2.24) is 0 Å². The molecular formula is C10H8F6O3S. The average Bonchev–Trinajstić information content (AvgIpc) is 2.19. The lowest BCUT2D eigenvalue weighted by Gasteiger charge is -2.18. The molecule has 114 valence electrons. The molecule has 1 aromatic carbocycles. The summed E-state index contributed by atoms with van der Waals surface area (Å²) in [5, 5.41) is 0. The molecule has 0 fully saturated rings. The van der Waals surface area contributed by atoms with E-state index in [1.54, 1.807) is 0 Å². The highest BCUT2D eigenvalue weighted by Crippen LogP contribution is 2.41. The lowest BCUT2D eigenvalue weighted by Crippen LogP contribution is -2.29. The van der Waals surface area contributed by atoms with Gasteiger partial charge in [0.2, 0.25) is 0 Å². The number of rotatable bonds is 2. The fourth-order valence-electron chi connectivity index (χ4n) is 1.38. The first-order chi connectivity index (χ1) is 8.77. The summed E-state index contributed by atoms with van der Waals surface area (Å²) in [6.45, 7) is 2.30. The maximum Gasteiger partial charge on any atom is 0.534 e. The summed E-state index contributed by atoms with van der Waals surface area (Å²) < 4.78 is 100.0. The van der Waals surface area contributed by atoms with Gasteiger partial charge in [-0.15, -0.1) is 0 Å². The third kappa shape index (κ3) is 3.17. The fourth-order valence-corrected chi connectivity index (χ4v) is 1.85. The molecule has 0 N–H and O–H groups in total. The molecule has 0 aliphatic heterocycles. The van der Waals surface area contributed by atoms with Crippen LogP contribution in [0.2, 0.25) is 0 Å². The Labute approximate surface area is 110 Å². The van der Waals surface area contributed by atoms with Gasteiger partial charge in [-0.1, -0.05) is 6.07 Å². The minimum atomic E-state index is -6.16. The van der Waals surface area contributed by atoms with Gasteiger partial charge in [-0.05, 0) is 31.0 Å². The van der Waals surface area contributed by atoms with E-state index in [9.17, 15) is 34.8 Å². The summed E-state index contributed by atoms with van der Waals surface area (Å²) in [7, 11) is -6.16. The molecule has 1 rings (SSSR count). The normalized spacial score (nSPS) is 13.4. The Balaban J connectivity index is 3.46. The van der Waals surface area contributed by atoms with E-state index in [0.717, 1.165) is 13.0 Å². The van der Waals surface area contributed by atoms with Crippen molar-refractivity contribution in [1.29, 1.82) is 0 Å². The SMILES string of the molecule is Cc1ccc(OS(=O)(=O)C(F)(F)F)c(C(F)(F)F)c1C. The molecule has 10 heteroatoms. The van der Waals surface area contributed by atoms with Gasteiger partial charge in [0.15, 0.2) is 5.75 Å². The first-order valence-corrected chi connectivity index (χ1v) is 6.36. The molecule has 0 saturated carbocycles. The van der Waals surface area contributed by atoms with Crippen LogP contribution in [0.15, 0.2) is 12.1 Å². The Morgan fingerprint density at radius 3 is 1.90 bits per heavy atom. The van der Waals surface area contributed by atoms with E-state index in [2.05, 4.69) is 4.18 Å². The summed E-state index contributed by atoms with van der Waals surface area (Å²) >= 11 is 0. The molecule has 0 amide bonds. The van der Waals surface area contributed by atoms with Crippen molar-refractivity contribution in [2.24, 2.45) is 0 Å². The van der Waals surface area contributed by atoms with Crippen LogP contribution in [0.4, 0.5) is 26.3 Å². The molecule has 0 bridgehead atoms. The number of hydrogen-bond donors (Lipinski definition) is 0. The van der Waals surface area contributed by atoms with E-state index in [-0.39, 0.29) is 5.56 Å². The van der Waals surface area contributed by atoms with Crippen molar-refractivity contribution in [3.63, 3.8) is 0 Å². The average molecular weight is 322 g/mol. The molecule has 0 heterocycles. The third-order valence-electron chi connectivity index (χ3n) is 2.46. The van der Waals surface area contributed by atoms with Crippen LogP contribution in [0, 0.1) is 13.8 Å². The Morgan fingerprint density at radius 1 is 1.00 bits per heavy atom. The van der Waals surface area contributed by atoms with Crippen LogP contribution in [-0.2, 0) is 16.3 Å². The van der Waals surface area contributed by atoms with Gasteiger partial charge in [-0.25, -0.2) is 0 Å². The third-order valence-corrected chi connectivity index (χ3v) is 3.43. The second-order valence-corrected chi connectivity index (χ2v) is 5.40. The molecule has 3 nitrogen and oxygen atoms in total. The minimum Gasteiger partial charge on any atom is -0.375 e.